The van der Waals surface area contributed by atoms with Crippen molar-refractivity contribution in [1.29, 1.82) is 0 Å². The van der Waals surface area contributed by atoms with Crippen molar-refractivity contribution in [3.8, 4) is 0 Å². The molecular weight excluding hydrogens is 164 g/mol. The Morgan fingerprint density at radius 3 is 2.23 bits per heavy atom. The maximum atomic E-state index is 8.66. The highest BCUT2D eigenvalue weighted by molar-refractivity contribution is 4.62. The van der Waals surface area contributed by atoms with Gasteiger partial charge in [-0.3, -0.25) is 0 Å². The lowest BCUT2D eigenvalue weighted by atomic mass is 10.2. The normalized spacial score (nSPS) is 11.5. The van der Waals surface area contributed by atoms with Crippen LogP contribution in [0.15, 0.2) is 0 Å². The van der Waals surface area contributed by atoms with Crippen LogP contribution in [-0.2, 0) is 0 Å². The summed E-state index contributed by atoms with van der Waals surface area (Å²) in [6, 6.07) is 0.588. The fourth-order valence-corrected chi connectivity index (χ4v) is 1.35. The van der Waals surface area contributed by atoms with Crippen molar-refractivity contribution >= 4 is 0 Å². The van der Waals surface area contributed by atoms with Crippen LogP contribution in [0.25, 0.3) is 0 Å². The predicted molar refractivity (Wildman–Crippen MR) is 56.7 cm³/mol. The summed E-state index contributed by atoms with van der Waals surface area (Å²) in [5.74, 6) is 0. The molecule has 0 radical (unpaired) electrons. The van der Waals surface area contributed by atoms with Gasteiger partial charge in [-0.25, -0.2) is 0 Å². The lowest BCUT2D eigenvalue weighted by Crippen LogP contribution is -2.33. The maximum Gasteiger partial charge on any atom is 0.0431 e. The van der Waals surface area contributed by atoms with E-state index in [0.717, 1.165) is 38.9 Å². The molecule has 0 amide bonds. The van der Waals surface area contributed by atoms with Crippen molar-refractivity contribution in [2.45, 2.75) is 39.2 Å². The summed E-state index contributed by atoms with van der Waals surface area (Å²) in [6.07, 6.45) is 3.06. The van der Waals surface area contributed by atoms with Gasteiger partial charge in [0.1, 0.15) is 0 Å². The minimum absolute atomic E-state index is 0.308. The molecule has 0 aromatic heterocycles. The summed E-state index contributed by atoms with van der Waals surface area (Å²) >= 11 is 0. The molecule has 0 spiro atoms. The van der Waals surface area contributed by atoms with E-state index in [1.54, 1.807) is 0 Å². The van der Waals surface area contributed by atoms with E-state index in [0.29, 0.717) is 12.6 Å². The van der Waals surface area contributed by atoms with Gasteiger partial charge in [0.25, 0.3) is 0 Å². The molecule has 0 heterocycles. The minimum atomic E-state index is 0.308. The second kappa shape index (κ2) is 8.48. The zero-order valence-electron chi connectivity index (χ0n) is 9.00. The smallest absolute Gasteiger partial charge is 0.0431 e. The Balaban J connectivity index is 3.54. The SMILES string of the molecule is CC(C)N(CCCN)CCCCO. The fraction of sp³-hybridized carbons (Fsp3) is 1.00. The lowest BCUT2D eigenvalue weighted by Gasteiger charge is -2.26. The van der Waals surface area contributed by atoms with E-state index in [4.69, 9.17) is 10.8 Å². The maximum absolute atomic E-state index is 8.66. The van der Waals surface area contributed by atoms with Gasteiger partial charge in [-0.1, -0.05) is 0 Å². The second-order valence-electron chi connectivity index (χ2n) is 3.70. The number of unbranched alkanes of at least 4 members (excludes halogenated alkanes) is 1. The first-order chi connectivity index (χ1) is 6.22. The van der Waals surface area contributed by atoms with E-state index in [9.17, 15) is 0 Å². The van der Waals surface area contributed by atoms with Crippen molar-refractivity contribution in [1.82, 2.24) is 4.90 Å². The number of nitrogens with zero attached hydrogens (tertiary/aromatic N) is 1. The topological polar surface area (TPSA) is 49.5 Å². The van der Waals surface area contributed by atoms with Crippen LogP contribution < -0.4 is 5.73 Å². The van der Waals surface area contributed by atoms with E-state index in [2.05, 4.69) is 18.7 Å². The molecule has 3 heteroatoms. The third-order valence-electron chi connectivity index (χ3n) is 2.23. The standard InChI is InChI=1S/C10H24N2O/c1-10(2)12(8-5-6-11)7-3-4-9-13/h10,13H,3-9,11H2,1-2H3. The molecule has 0 unspecified atom stereocenters. The highest BCUT2D eigenvalue weighted by Crippen LogP contribution is 2.02. The first-order valence-corrected chi connectivity index (χ1v) is 5.27. The summed E-state index contributed by atoms with van der Waals surface area (Å²) in [5.41, 5.74) is 5.47. The molecule has 0 aliphatic carbocycles. The Morgan fingerprint density at radius 2 is 1.77 bits per heavy atom. The van der Waals surface area contributed by atoms with Crippen LogP contribution >= 0.6 is 0 Å². The Bertz CT molecular complexity index is 107. The second-order valence-corrected chi connectivity index (χ2v) is 3.70. The number of aliphatic hydroxyl groups excluding tert-OH is 1. The molecule has 80 valence electrons. The molecule has 0 aromatic carbocycles. The predicted octanol–water partition coefficient (Wildman–Crippen LogP) is 0.818. The van der Waals surface area contributed by atoms with Gasteiger partial charge >= 0.3 is 0 Å². The average Bonchev–Trinajstić information content (AvgIpc) is 2.10. The highest BCUT2D eigenvalue weighted by Gasteiger charge is 2.07. The number of hydrogen-bond acceptors (Lipinski definition) is 3. The Morgan fingerprint density at radius 1 is 1.15 bits per heavy atom. The van der Waals surface area contributed by atoms with Gasteiger partial charge in [0.05, 0.1) is 0 Å². The van der Waals surface area contributed by atoms with Crippen molar-refractivity contribution in [3.05, 3.63) is 0 Å². The van der Waals surface area contributed by atoms with Gasteiger partial charge in [0, 0.05) is 12.6 Å². The van der Waals surface area contributed by atoms with Crippen LogP contribution in [0.1, 0.15) is 33.1 Å². The quantitative estimate of drug-likeness (QED) is 0.554. The average molecular weight is 188 g/mol. The molecule has 0 aromatic rings. The van der Waals surface area contributed by atoms with Crippen LogP contribution in [0.3, 0.4) is 0 Å². The van der Waals surface area contributed by atoms with Crippen LogP contribution in [0.2, 0.25) is 0 Å². The van der Waals surface area contributed by atoms with Crippen molar-refractivity contribution in [2.24, 2.45) is 5.73 Å². The minimum Gasteiger partial charge on any atom is -0.396 e. The molecular formula is C10H24N2O. The van der Waals surface area contributed by atoms with E-state index < -0.39 is 0 Å². The molecule has 0 atom stereocenters. The summed E-state index contributed by atoms with van der Waals surface area (Å²) in [4.78, 5) is 2.42. The van der Waals surface area contributed by atoms with Gasteiger partial charge in [-0.15, -0.1) is 0 Å². The molecule has 0 saturated carbocycles. The van der Waals surface area contributed by atoms with Crippen LogP contribution in [-0.4, -0.2) is 42.3 Å². The van der Waals surface area contributed by atoms with Crippen molar-refractivity contribution in [3.63, 3.8) is 0 Å². The molecule has 3 nitrogen and oxygen atoms in total. The number of nitrogens with two attached hydrogens (primary N) is 1. The highest BCUT2D eigenvalue weighted by atomic mass is 16.2. The van der Waals surface area contributed by atoms with Gasteiger partial charge in [0.2, 0.25) is 0 Å². The van der Waals surface area contributed by atoms with E-state index in [-0.39, 0.29) is 0 Å². The molecule has 0 rings (SSSR count). The van der Waals surface area contributed by atoms with Crippen LogP contribution in [0, 0.1) is 0 Å². The Hall–Kier alpha value is -0.120. The monoisotopic (exact) mass is 188 g/mol. The summed E-state index contributed by atoms with van der Waals surface area (Å²) in [5, 5.41) is 8.66. The first-order valence-electron chi connectivity index (χ1n) is 5.27. The Kier molecular flexibility index (Phi) is 8.40. The summed E-state index contributed by atoms with van der Waals surface area (Å²) in [6.45, 7) is 7.65. The number of aliphatic hydroxyl groups is 1. The molecule has 0 aliphatic heterocycles. The van der Waals surface area contributed by atoms with E-state index >= 15 is 0 Å². The van der Waals surface area contributed by atoms with E-state index in [1.807, 2.05) is 0 Å². The third kappa shape index (κ3) is 6.99. The largest absolute Gasteiger partial charge is 0.396 e. The molecule has 0 aliphatic rings. The summed E-state index contributed by atoms with van der Waals surface area (Å²) < 4.78 is 0. The van der Waals surface area contributed by atoms with Crippen molar-refractivity contribution < 1.29 is 5.11 Å². The lowest BCUT2D eigenvalue weighted by molar-refractivity contribution is 0.204. The number of hydrogen-bond donors (Lipinski definition) is 2. The number of rotatable bonds is 8. The first kappa shape index (κ1) is 12.9. The van der Waals surface area contributed by atoms with Gasteiger partial charge in [-0.2, -0.15) is 0 Å². The fourth-order valence-electron chi connectivity index (χ4n) is 1.35. The molecule has 3 N–H and O–H groups in total. The molecule has 0 bridgehead atoms. The van der Waals surface area contributed by atoms with Crippen LogP contribution in [0.4, 0.5) is 0 Å². The van der Waals surface area contributed by atoms with E-state index in [1.165, 1.54) is 0 Å². The van der Waals surface area contributed by atoms with Gasteiger partial charge in [0.15, 0.2) is 0 Å². The van der Waals surface area contributed by atoms with Crippen molar-refractivity contribution in [2.75, 3.05) is 26.2 Å². The van der Waals surface area contributed by atoms with Gasteiger partial charge in [-0.05, 0) is 52.7 Å². The zero-order chi connectivity index (χ0) is 10.1. The summed E-state index contributed by atoms with van der Waals surface area (Å²) in [7, 11) is 0. The zero-order valence-corrected chi connectivity index (χ0v) is 9.00. The molecule has 13 heavy (non-hydrogen) atoms. The Labute approximate surface area is 81.9 Å². The third-order valence-corrected chi connectivity index (χ3v) is 2.23. The van der Waals surface area contributed by atoms with Crippen LogP contribution in [0.5, 0.6) is 0 Å². The van der Waals surface area contributed by atoms with Gasteiger partial charge < -0.3 is 15.7 Å². The molecule has 0 saturated heterocycles. The molecule has 0 fully saturated rings.